The van der Waals surface area contributed by atoms with E-state index in [4.69, 9.17) is 16.3 Å². The number of halogens is 2. The summed E-state index contributed by atoms with van der Waals surface area (Å²) >= 11 is 6.07. The Kier molecular flexibility index (Phi) is 4.94. The molecule has 5 nitrogen and oxygen atoms in total. The van der Waals surface area contributed by atoms with Crippen LogP contribution >= 0.6 is 11.6 Å². The number of hydrogen-bond donors (Lipinski definition) is 0. The van der Waals surface area contributed by atoms with Gasteiger partial charge in [-0.1, -0.05) is 30.7 Å². The monoisotopic (exact) mass is 349 g/mol. The van der Waals surface area contributed by atoms with E-state index in [-0.39, 0.29) is 17.9 Å². The Hall–Kier alpha value is -2.21. The van der Waals surface area contributed by atoms with Crippen LogP contribution in [-0.2, 0) is 6.42 Å². The van der Waals surface area contributed by atoms with E-state index >= 15 is 0 Å². The van der Waals surface area contributed by atoms with Gasteiger partial charge in [-0.05, 0) is 18.6 Å². The standard InChI is InChI=1S/C17H17ClFN3O2/c1-2-14-15(19)16(21-10-20-14)24-11-7-8-22(9-11)17(23)12-5-3-4-6-13(12)18/h3-6,10-11H,2,7-9H2,1H3/t11-/m1/s1. The first-order valence-corrected chi connectivity index (χ1v) is 8.17. The second-order valence-corrected chi connectivity index (χ2v) is 5.96. The van der Waals surface area contributed by atoms with Gasteiger partial charge in [0.25, 0.3) is 11.8 Å². The van der Waals surface area contributed by atoms with Gasteiger partial charge in [0.1, 0.15) is 12.4 Å². The fraction of sp³-hybridized carbons (Fsp3) is 0.353. The number of hydrogen-bond acceptors (Lipinski definition) is 4. The van der Waals surface area contributed by atoms with Gasteiger partial charge in [-0.25, -0.2) is 4.98 Å². The lowest BCUT2D eigenvalue weighted by molar-refractivity contribution is 0.0770. The molecule has 24 heavy (non-hydrogen) atoms. The average Bonchev–Trinajstić information content (AvgIpc) is 3.05. The molecule has 126 valence electrons. The van der Waals surface area contributed by atoms with Gasteiger partial charge < -0.3 is 9.64 Å². The van der Waals surface area contributed by atoms with Crippen molar-refractivity contribution in [2.45, 2.75) is 25.9 Å². The van der Waals surface area contributed by atoms with E-state index in [1.165, 1.54) is 6.33 Å². The maximum atomic E-state index is 14.2. The van der Waals surface area contributed by atoms with Gasteiger partial charge in [0.15, 0.2) is 0 Å². The molecule has 3 rings (SSSR count). The predicted molar refractivity (Wildman–Crippen MR) is 87.8 cm³/mol. The normalized spacial score (nSPS) is 17.1. The summed E-state index contributed by atoms with van der Waals surface area (Å²) in [6.07, 6.45) is 2.07. The summed E-state index contributed by atoms with van der Waals surface area (Å²) < 4.78 is 19.8. The Morgan fingerprint density at radius 2 is 2.21 bits per heavy atom. The van der Waals surface area contributed by atoms with E-state index in [0.717, 1.165) is 0 Å². The molecule has 0 unspecified atom stereocenters. The SMILES string of the molecule is CCc1ncnc(O[C@@H]2CCN(C(=O)c3ccccc3Cl)C2)c1F. The van der Waals surface area contributed by atoms with Gasteiger partial charge in [-0.15, -0.1) is 0 Å². The summed E-state index contributed by atoms with van der Waals surface area (Å²) in [4.78, 5) is 21.9. The molecule has 1 saturated heterocycles. The maximum Gasteiger partial charge on any atom is 0.255 e. The van der Waals surface area contributed by atoms with Crippen LogP contribution in [0.4, 0.5) is 4.39 Å². The number of carbonyl (C=O) groups is 1. The highest BCUT2D eigenvalue weighted by atomic mass is 35.5. The molecule has 0 bridgehead atoms. The number of carbonyl (C=O) groups excluding carboxylic acids is 1. The van der Waals surface area contributed by atoms with Gasteiger partial charge in [-0.3, -0.25) is 4.79 Å². The van der Waals surface area contributed by atoms with Crippen LogP contribution in [0.3, 0.4) is 0 Å². The minimum Gasteiger partial charge on any atom is -0.470 e. The van der Waals surface area contributed by atoms with Crippen LogP contribution in [-0.4, -0.2) is 40.0 Å². The van der Waals surface area contributed by atoms with Crippen LogP contribution in [0.1, 0.15) is 29.4 Å². The first kappa shape index (κ1) is 16.6. The third-order valence-corrected chi connectivity index (χ3v) is 4.31. The Morgan fingerprint density at radius 1 is 1.42 bits per heavy atom. The van der Waals surface area contributed by atoms with Gasteiger partial charge in [0.05, 0.1) is 22.8 Å². The lowest BCUT2D eigenvalue weighted by Crippen LogP contribution is -2.31. The van der Waals surface area contributed by atoms with Gasteiger partial charge in [-0.2, -0.15) is 9.37 Å². The molecule has 1 aromatic carbocycles. The molecule has 2 heterocycles. The van der Waals surface area contributed by atoms with Gasteiger partial charge in [0.2, 0.25) is 5.82 Å². The summed E-state index contributed by atoms with van der Waals surface area (Å²) in [6, 6.07) is 6.92. The van der Waals surface area contributed by atoms with Crippen LogP contribution < -0.4 is 4.74 Å². The quantitative estimate of drug-likeness (QED) is 0.851. The molecule has 1 fully saturated rings. The Labute approximate surface area is 144 Å². The van der Waals surface area contributed by atoms with Crippen molar-refractivity contribution in [2.75, 3.05) is 13.1 Å². The van der Waals surface area contributed by atoms with Crippen molar-refractivity contribution in [1.29, 1.82) is 0 Å². The largest absolute Gasteiger partial charge is 0.470 e. The number of aromatic nitrogens is 2. The fourth-order valence-electron chi connectivity index (χ4n) is 2.69. The third-order valence-electron chi connectivity index (χ3n) is 3.98. The van der Waals surface area contributed by atoms with Crippen LogP contribution in [0.15, 0.2) is 30.6 Å². The molecular weight excluding hydrogens is 333 g/mol. The van der Waals surface area contributed by atoms with E-state index in [0.29, 0.717) is 42.2 Å². The molecule has 0 aliphatic carbocycles. The number of ether oxygens (including phenoxy) is 1. The summed E-state index contributed by atoms with van der Waals surface area (Å²) in [7, 11) is 0. The maximum absolute atomic E-state index is 14.2. The summed E-state index contributed by atoms with van der Waals surface area (Å²) in [5.74, 6) is -0.737. The van der Waals surface area contributed by atoms with Crippen molar-refractivity contribution in [1.82, 2.24) is 14.9 Å². The zero-order chi connectivity index (χ0) is 17.1. The number of amides is 1. The van der Waals surface area contributed by atoms with E-state index in [2.05, 4.69) is 9.97 Å². The lowest BCUT2D eigenvalue weighted by Gasteiger charge is -2.18. The molecule has 1 amide bonds. The highest BCUT2D eigenvalue weighted by Crippen LogP contribution is 2.23. The zero-order valence-electron chi connectivity index (χ0n) is 13.2. The number of nitrogens with zero attached hydrogens (tertiary/aromatic N) is 3. The molecule has 7 heteroatoms. The topological polar surface area (TPSA) is 55.3 Å². The summed E-state index contributed by atoms with van der Waals surface area (Å²) in [5, 5.41) is 0.418. The molecule has 2 aromatic rings. The van der Waals surface area contributed by atoms with Crippen LogP contribution in [0.25, 0.3) is 0 Å². The molecule has 0 spiro atoms. The molecule has 1 aromatic heterocycles. The smallest absolute Gasteiger partial charge is 0.255 e. The summed E-state index contributed by atoms with van der Waals surface area (Å²) in [5.41, 5.74) is 0.781. The number of rotatable bonds is 4. The van der Waals surface area contributed by atoms with Crippen molar-refractivity contribution in [3.63, 3.8) is 0 Å². The average molecular weight is 350 g/mol. The minimum atomic E-state index is -0.532. The van der Waals surface area contributed by atoms with Gasteiger partial charge in [0, 0.05) is 13.0 Å². The first-order valence-electron chi connectivity index (χ1n) is 7.80. The molecular formula is C17H17ClFN3O2. The molecule has 0 N–H and O–H groups in total. The second-order valence-electron chi connectivity index (χ2n) is 5.55. The van der Waals surface area contributed by atoms with E-state index in [1.54, 1.807) is 29.2 Å². The van der Waals surface area contributed by atoms with Crippen LogP contribution in [0, 0.1) is 5.82 Å². The number of benzene rings is 1. The summed E-state index contributed by atoms with van der Waals surface area (Å²) in [6.45, 7) is 2.71. The second kappa shape index (κ2) is 7.13. The first-order chi connectivity index (χ1) is 11.6. The molecule has 0 radical (unpaired) electrons. The van der Waals surface area contributed by atoms with Crippen molar-refractivity contribution in [3.05, 3.63) is 52.7 Å². The Morgan fingerprint density at radius 3 is 2.96 bits per heavy atom. The van der Waals surface area contributed by atoms with E-state index in [9.17, 15) is 9.18 Å². The van der Waals surface area contributed by atoms with E-state index in [1.807, 2.05) is 6.92 Å². The molecule has 1 atom stereocenters. The Bertz CT molecular complexity index is 756. The zero-order valence-corrected chi connectivity index (χ0v) is 14.0. The number of aryl methyl sites for hydroxylation is 1. The third kappa shape index (κ3) is 3.33. The van der Waals surface area contributed by atoms with E-state index < -0.39 is 5.82 Å². The van der Waals surface area contributed by atoms with Crippen molar-refractivity contribution in [2.24, 2.45) is 0 Å². The molecule has 0 saturated carbocycles. The van der Waals surface area contributed by atoms with Crippen molar-refractivity contribution < 1.29 is 13.9 Å². The van der Waals surface area contributed by atoms with Gasteiger partial charge >= 0.3 is 0 Å². The number of likely N-dealkylation sites (tertiary alicyclic amines) is 1. The predicted octanol–water partition coefficient (Wildman–Crippen LogP) is 3.13. The highest BCUT2D eigenvalue weighted by Gasteiger charge is 2.30. The minimum absolute atomic E-state index is 0.0566. The highest BCUT2D eigenvalue weighted by molar-refractivity contribution is 6.33. The fourth-order valence-corrected chi connectivity index (χ4v) is 2.90. The Balaban J connectivity index is 1.68. The van der Waals surface area contributed by atoms with Crippen molar-refractivity contribution in [3.8, 4) is 5.88 Å². The van der Waals surface area contributed by atoms with Crippen molar-refractivity contribution >= 4 is 17.5 Å². The van der Waals surface area contributed by atoms with Crippen LogP contribution in [0.2, 0.25) is 5.02 Å². The lowest BCUT2D eigenvalue weighted by atomic mass is 10.2. The van der Waals surface area contributed by atoms with Crippen LogP contribution in [0.5, 0.6) is 5.88 Å². The molecule has 1 aliphatic heterocycles. The molecule has 1 aliphatic rings.